The molecule has 1 N–H and O–H groups in total. The number of ether oxygens (including phenoxy) is 2. The summed E-state index contributed by atoms with van der Waals surface area (Å²) in [6.45, 7) is 7.12. The Morgan fingerprint density at radius 3 is 2.50 bits per heavy atom. The first-order chi connectivity index (χ1) is 13.5. The molecule has 3 rings (SSSR count). The number of aryl methyl sites for hydroxylation is 1. The molecule has 0 spiro atoms. The smallest absolute Gasteiger partial charge is 0.355 e. The molecular weight excluding hydrogens is 374 g/mol. The molecule has 6 heteroatoms. The quantitative estimate of drug-likeness (QED) is 0.516. The first-order valence-corrected chi connectivity index (χ1v) is 9.98. The van der Waals surface area contributed by atoms with Gasteiger partial charge in [-0.2, -0.15) is 0 Å². The summed E-state index contributed by atoms with van der Waals surface area (Å²) in [5.41, 5.74) is 3.15. The van der Waals surface area contributed by atoms with Crippen molar-refractivity contribution in [2.24, 2.45) is 0 Å². The third kappa shape index (κ3) is 4.70. The van der Waals surface area contributed by atoms with E-state index in [0.717, 1.165) is 16.9 Å². The molecule has 1 aromatic heterocycles. The van der Waals surface area contributed by atoms with E-state index in [1.807, 2.05) is 37.3 Å². The Balaban J connectivity index is 1.66. The molecule has 0 aliphatic carbocycles. The van der Waals surface area contributed by atoms with Crippen LogP contribution in [0.1, 0.15) is 41.4 Å². The van der Waals surface area contributed by atoms with E-state index in [2.05, 4.69) is 31.0 Å². The number of hydrogen-bond donors (Lipinski definition) is 1. The van der Waals surface area contributed by atoms with Crippen LogP contribution in [0.25, 0.3) is 10.6 Å². The molecule has 0 aliphatic rings. The van der Waals surface area contributed by atoms with E-state index in [1.165, 1.54) is 22.3 Å². The van der Waals surface area contributed by atoms with Crippen LogP contribution < -0.4 is 9.47 Å². The number of rotatable bonds is 8. The fourth-order valence-electron chi connectivity index (χ4n) is 2.81. The van der Waals surface area contributed by atoms with Crippen molar-refractivity contribution in [1.82, 2.24) is 4.98 Å². The van der Waals surface area contributed by atoms with E-state index in [0.29, 0.717) is 29.9 Å². The summed E-state index contributed by atoms with van der Waals surface area (Å²) < 4.78 is 11.9. The molecule has 0 saturated heterocycles. The predicted octanol–water partition coefficient (Wildman–Crippen LogP) is 5.40. The Bertz CT molecular complexity index is 965. The molecule has 0 bridgehead atoms. The minimum Gasteiger partial charge on any atom is -0.490 e. The van der Waals surface area contributed by atoms with E-state index in [1.54, 1.807) is 0 Å². The topological polar surface area (TPSA) is 68.7 Å². The van der Waals surface area contributed by atoms with E-state index in [-0.39, 0.29) is 5.69 Å². The Labute approximate surface area is 168 Å². The SMILES string of the molecule is Cc1ccc(C(C)C)c(OCCOc2ccccc2-c2nc(C(=O)O)cs2)c1. The van der Waals surface area contributed by atoms with Gasteiger partial charge in [-0.05, 0) is 42.2 Å². The van der Waals surface area contributed by atoms with Gasteiger partial charge < -0.3 is 14.6 Å². The van der Waals surface area contributed by atoms with Gasteiger partial charge in [0, 0.05) is 5.38 Å². The van der Waals surface area contributed by atoms with Crippen molar-refractivity contribution in [3.8, 4) is 22.1 Å². The monoisotopic (exact) mass is 397 g/mol. The highest BCUT2D eigenvalue weighted by molar-refractivity contribution is 7.13. The third-order valence-corrected chi connectivity index (χ3v) is 5.11. The van der Waals surface area contributed by atoms with Crippen molar-refractivity contribution in [3.05, 3.63) is 64.7 Å². The second kappa shape index (κ2) is 8.89. The zero-order chi connectivity index (χ0) is 20.1. The Hall–Kier alpha value is -2.86. The van der Waals surface area contributed by atoms with Gasteiger partial charge in [0.15, 0.2) is 5.69 Å². The lowest BCUT2D eigenvalue weighted by molar-refractivity contribution is 0.0691. The maximum Gasteiger partial charge on any atom is 0.355 e. The van der Waals surface area contributed by atoms with E-state index in [9.17, 15) is 4.79 Å². The fraction of sp³-hybridized carbons (Fsp3) is 0.273. The summed E-state index contributed by atoms with van der Waals surface area (Å²) in [6.07, 6.45) is 0. The first kappa shape index (κ1) is 19.9. The van der Waals surface area contributed by atoms with Gasteiger partial charge >= 0.3 is 5.97 Å². The summed E-state index contributed by atoms with van der Waals surface area (Å²) in [7, 11) is 0. The Kier molecular flexibility index (Phi) is 6.31. The van der Waals surface area contributed by atoms with Crippen LogP contribution in [0, 0.1) is 6.92 Å². The molecule has 0 unspecified atom stereocenters. The number of carbonyl (C=O) groups is 1. The molecular formula is C22H23NO4S. The number of carboxylic acids is 1. The second-order valence-corrected chi connectivity index (χ2v) is 7.59. The molecule has 0 aliphatic heterocycles. The molecule has 0 amide bonds. The predicted molar refractivity (Wildman–Crippen MR) is 111 cm³/mol. The number of thiazole rings is 1. The van der Waals surface area contributed by atoms with E-state index < -0.39 is 5.97 Å². The lowest BCUT2D eigenvalue weighted by Gasteiger charge is -2.15. The summed E-state index contributed by atoms with van der Waals surface area (Å²) >= 11 is 1.28. The molecule has 5 nitrogen and oxygen atoms in total. The molecule has 0 fully saturated rings. The van der Waals surface area contributed by atoms with Crippen molar-refractivity contribution >= 4 is 17.3 Å². The number of aromatic nitrogens is 1. The van der Waals surface area contributed by atoms with Crippen LogP contribution in [0.5, 0.6) is 11.5 Å². The number of para-hydroxylation sites is 1. The molecule has 0 atom stereocenters. The van der Waals surface area contributed by atoms with Gasteiger partial charge in [-0.3, -0.25) is 0 Å². The lowest BCUT2D eigenvalue weighted by atomic mass is 10.0. The van der Waals surface area contributed by atoms with Gasteiger partial charge in [0.1, 0.15) is 29.7 Å². The van der Waals surface area contributed by atoms with Crippen LogP contribution >= 0.6 is 11.3 Å². The minimum absolute atomic E-state index is 0.0406. The van der Waals surface area contributed by atoms with Crippen molar-refractivity contribution < 1.29 is 19.4 Å². The van der Waals surface area contributed by atoms with Gasteiger partial charge in [-0.25, -0.2) is 9.78 Å². The van der Waals surface area contributed by atoms with Gasteiger partial charge in [0.05, 0.1) is 5.56 Å². The van der Waals surface area contributed by atoms with Gasteiger partial charge in [0.25, 0.3) is 0 Å². The highest BCUT2D eigenvalue weighted by Crippen LogP contribution is 2.32. The number of carboxylic acid groups (broad SMARTS) is 1. The molecule has 2 aromatic carbocycles. The highest BCUT2D eigenvalue weighted by atomic mass is 32.1. The average molecular weight is 397 g/mol. The summed E-state index contributed by atoms with van der Waals surface area (Å²) in [5.74, 6) is 0.891. The van der Waals surface area contributed by atoms with Crippen molar-refractivity contribution in [3.63, 3.8) is 0 Å². The number of aromatic carboxylic acids is 1. The molecule has 1 heterocycles. The first-order valence-electron chi connectivity index (χ1n) is 9.10. The zero-order valence-electron chi connectivity index (χ0n) is 16.1. The van der Waals surface area contributed by atoms with Crippen molar-refractivity contribution in [2.45, 2.75) is 26.7 Å². The maximum atomic E-state index is 11.1. The summed E-state index contributed by atoms with van der Waals surface area (Å²) in [4.78, 5) is 15.2. The maximum absolute atomic E-state index is 11.1. The second-order valence-electron chi connectivity index (χ2n) is 6.73. The standard InChI is InChI=1S/C22H23NO4S/c1-14(2)16-9-8-15(3)12-20(16)27-11-10-26-19-7-5-4-6-17(19)21-23-18(13-28-21)22(24)25/h4-9,12-14H,10-11H2,1-3H3,(H,24,25). The molecule has 0 radical (unpaired) electrons. The van der Waals surface area contributed by atoms with Crippen molar-refractivity contribution in [1.29, 1.82) is 0 Å². The lowest BCUT2D eigenvalue weighted by Crippen LogP contribution is -2.11. The van der Waals surface area contributed by atoms with Gasteiger partial charge in [-0.1, -0.05) is 38.1 Å². The van der Waals surface area contributed by atoms with E-state index >= 15 is 0 Å². The van der Waals surface area contributed by atoms with Crippen LogP contribution in [0.15, 0.2) is 47.8 Å². The van der Waals surface area contributed by atoms with Gasteiger partial charge in [0.2, 0.25) is 0 Å². The molecule has 3 aromatic rings. The fourth-order valence-corrected chi connectivity index (χ4v) is 3.64. The van der Waals surface area contributed by atoms with Crippen molar-refractivity contribution in [2.75, 3.05) is 13.2 Å². The number of nitrogens with zero attached hydrogens (tertiary/aromatic N) is 1. The summed E-state index contributed by atoms with van der Waals surface area (Å²) in [6, 6.07) is 13.7. The van der Waals surface area contributed by atoms with Crippen LogP contribution in [-0.2, 0) is 0 Å². The molecule has 28 heavy (non-hydrogen) atoms. The Morgan fingerprint density at radius 1 is 1.11 bits per heavy atom. The summed E-state index contributed by atoms with van der Waals surface area (Å²) in [5, 5.41) is 11.2. The Morgan fingerprint density at radius 2 is 1.82 bits per heavy atom. The largest absolute Gasteiger partial charge is 0.490 e. The van der Waals surface area contributed by atoms with Crippen LogP contribution in [-0.4, -0.2) is 29.3 Å². The average Bonchev–Trinajstić information content (AvgIpc) is 3.16. The minimum atomic E-state index is -1.03. The van der Waals surface area contributed by atoms with Gasteiger partial charge in [-0.15, -0.1) is 11.3 Å². The third-order valence-electron chi connectivity index (χ3n) is 4.23. The molecule has 0 saturated carbocycles. The van der Waals surface area contributed by atoms with Crippen LogP contribution in [0.4, 0.5) is 0 Å². The molecule has 146 valence electrons. The number of hydrogen-bond acceptors (Lipinski definition) is 5. The highest BCUT2D eigenvalue weighted by Gasteiger charge is 2.14. The normalized spacial score (nSPS) is 10.9. The van der Waals surface area contributed by atoms with Crippen LogP contribution in [0.2, 0.25) is 0 Å². The number of benzene rings is 2. The van der Waals surface area contributed by atoms with Crippen LogP contribution in [0.3, 0.4) is 0 Å². The van der Waals surface area contributed by atoms with E-state index in [4.69, 9.17) is 14.6 Å². The zero-order valence-corrected chi connectivity index (χ0v) is 17.0.